The van der Waals surface area contributed by atoms with Gasteiger partial charge in [0, 0.05) is 43.5 Å². The van der Waals surface area contributed by atoms with Crippen LogP contribution >= 0.6 is 0 Å². The lowest BCUT2D eigenvalue weighted by molar-refractivity contribution is 0.416. The molecular formula is C19H24FN7. The van der Waals surface area contributed by atoms with Gasteiger partial charge in [0.05, 0.1) is 0 Å². The van der Waals surface area contributed by atoms with Crippen LogP contribution in [0.4, 0.5) is 21.8 Å². The quantitative estimate of drug-likeness (QED) is 0.667. The van der Waals surface area contributed by atoms with Crippen molar-refractivity contribution in [1.82, 2.24) is 25.1 Å². The molecule has 8 heteroatoms. The second-order valence-corrected chi connectivity index (χ2v) is 6.73. The molecule has 2 aromatic heterocycles. The number of aromatic nitrogens is 4. The molecule has 0 bridgehead atoms. The lowest BCUT2D eigenvalue weighted by atomic mass is 10.2. The SMILES string of the molecule is Cc1cc(Nc2cc(N(C)CCN(C)C)nc(-c3cccc(F)c3)n2)n[nH]1. The van der Waals surface area contributed by atoms with Crippen molar-refractivity contribution in [1.29, 1.82) is 0 Å². The van der Waals surface area contributed by atoms with Gasteiger partial charge in [-0.05, 0) is 33.2 Å². The van der Waals surface area contributed by atoms with Gasteiger partial charge in [0.15, 0.2) is 11.6 Å². The Balaban J connectivity index is 1.96. The van der Waals surface area contributed by atoms with Gasteiger partial charge >= 0.3 is 0 Å². The Morgan fingerprint density at radius 2 is 1.85 bits per heavy atom. The molecule has 3 rings (SSSR count). The summed E-state index contributed by atoms with van der Waals surface area (Å²) in [6.07, 6.45) is 0. The van der Waals surface area contributed by atoms with E-state index in [1.807, 2.05) is 45.1 Å². The number of likely N-dealkylation sites (N-methyl/N-ethyl adjacent to an activating group) is 2. The fourth-order valence-corrected chi connectivity index (χ4v) is 2.53. The number of benzene rings is 1. The zero-order valence-corrected chi connectivity index (χ0v) is 16.0. The molecule has 0 aliphatic rings. The summed E-state index contributed by atoms with van der Waals surface area (Å²) in [5.74, 6) is 2.15. The fraction of sp³-hybridized carbons (Fsp3) is 0.316. The summed E-state index contributed by atoms with van der Waals surface area (Å²) < 4.78 is 13.7. The standard InChI is InChI=1S/C19H24FN7/c1-13-10-17(25-24-13)21-16-12-18(27(4)9-8-26(2)3)23-19(22-16)14-6-5-7-15(20)11-14/h5-7,10-12H,8-9H2,1-4H3,(H2,21,22,23,24,25). The van der Waals surface area contributed by atoms with Crippen molar-refractivity contribution in [3.8, 4) is 11.4 Å². The van der Waals surface area contributed by atoms with E-state index in [2.05, 4.69) is 30.4 Å². The van der Waals surface area contributed by atoms with E-state index in [-0.39, 0.29) is 5.82 Å². The highest BCUT2D eigenvalue weighted by molar-refractivity contribution is 5.64. The van der Waals surface area contributed by atoms with Crippen molar-refractivity contribution in [2.45, 2.75) is 6.92 Å². The molecule has 2 heterocycles. The number of hydrogen-bond donors (Lipinski definition) is 2. The van der Waals surface area contributed by atoms with Crippen molar-refractivity contribution in [2.24, 2.45) is 0 Å². The third-order valence-electron chi connectivity index (χ3n) is 4.03. The number of H-pyrrole nitrogens is 1. The molecule has 1 aromatic carbocycles. The number of halogens is 1. The van der Waals surface area contributed by atoms with Crippen LogP contribution in [0.15, 0.2) is 36.4 Å². The van der Waals surface area contributed by atoms with Crippen molar-refractivity contribution in [3.63, 3.8) is 0 Å². The van der Waals surface area contributed by atoms with Gasteiger partial charge in [0.2, 0.25) is 0 Å². The highest BCUT2D eigenvalue weighted by Gasteiger charge is 2.12. The monoisotopic (exact) mass is 369 g/mol. The van der Waals surface area contributed by atoms with Crippen molar-refractivity contribution < 1.29 is 4.39 Å². The van der Waals surface area contributed by atoms with E-state index in [0.29, 0.717) is 23.0 Å². The molecule has 0 radical (unpaired) electrons. The third kappa shape index (κ3) is 5.01. The summed E-state index contributed by atoms with van der Waals surface area (Å²) in [7, 11) is 6.03. The molecule has 27 heavy (non-hydrogen) atoms. The third-order valence-corrected chi connectivity index (χ3v) is 4.03. The smallest absolute Gasteiger partial charge is 0.163 e. The van der Waals surface area contributed by atoms with Gasteiger partial charge in [0.25, 0.3) is 0 Å². The Hall–Kier alpha value is -3.00. The lowest BCUT2D eigenvalue weighted by Crippen LogP contribution is -2.29. The van der Waals surface area contributed by atoms with Gasteiger partial charge in [0.1, 0.15) is 17.5 Å². The van der Waals surface area contributed by atoms with E-state index in [4.69, 9.17) is 0 Å². The first-order valence-electron chi connectivity index (χ1n) is 8.70. The molecule has 0 saturated heterocycles. The van der Waals surface area contributed by atoms with E-state index < -0.39 is 0 Å². The first-order valence-corrected chi connectivity index (χ1v) is 8.70. The Morgan fingerprint density at radius 1 is 1.04 bits per heavy atom. The van der Waals surface area contributed by atoms with Gasteiger partial charge in [-0.2, -0.15) is 5.10 Å². The summed E-state index contributed by atoms with van der Waals surface area (Å²) in [5.41, 5.74) is 1.57. The van der Waals surface area contributed by atoms with Crippen LogP contribution in [0, 0.1) is 12.7 Å². The zero-order chi connectivity index (χ0) is 19.4. The largest absolute Gasteiger partial charge is 0.358 e. The van der Waals surface area contributed by atoms with Gasteiger partial charge in [-0.15, -0.1) is 0 Å². The van der Waals surface area contributed by atoms with E-state index in [1.54, 1.807) is 12.1 Å². The maximum atomic E-state index is 13.7. The molecular weight excluding hydrogens is 345 g/mol. The Labute approximate surface area is 158 Å². The molecule has 7 nitrogen and oxygen atoms in total. The maximum absolute atomic E-state index is 13.7. The molecule has 0 unspecified atom stereocenters. The van der Waals surface area contributed by atoms with Crippen LogP contribution in [0.1, 0.15) is 5.69 Å². The van der Waals surface area contributed by atoms with E-state index in [0.717, 1.165) is 24.6 Å². The normalized spacial score (nSPS) is 11.0. The summed E-state index contributed by atoms with van der Waals surface area (Å²) in [4.78, 5) is 13.3. The number of nitrogens with zero attached hydrogens (tertiary/aromatic N) is 5. The predicted octanol–water partition coefficient (Wildman–Crippen LogP) is 3.06. The number of nitrogens with one attached hydrogen (secondary N) is 2. The Bertz CT molecular complexity index is 907. The van der Waals surface area contributed by atoms with Gasteiger partial charge in [-0.1, -0.05) is 12.1 Å². The molecule has 0 spiro atoms. The maximum Gasteiger partial charge on any atom is 0.163 e. The van der Waals surface area contributed by atoms with Crippen molar-refractivity contribution >= 4 is 17.5 Å². The molecule has 2 N–H and O–H groups in total. The van der Waals surface area contributed by atoms with Crippen LogP contribution in [-0.2, 0) is 0 Å². The zero-order valence-electron chi connectivity index (χ0n) is 16.0. The minimum Gasteiger partial charge on any atom is -0.358 e. The summed E-state index contributed by atoms with van der Waals surface area (Å²) in [6, 6.07) is 10.0. The number of anilines is 3. The van der Waals surface area contributed by atoms with E-state index >= 15 is 0 Å². The van der Waals surface area contributed by atoms with Crippen LogP contribution in [0.5, 0.6) is 0 Å². The minimum atomic E-state index is -0.320. The van der Waals surface area contributed by atoms with Crippen LogP contribution < -0.4 is 10.2 Å². The molecule has 142 valence electrons. The van der Waals surface area contributed by atoms with Crippen molar-refractivity contribution in [2.75, 3.05) is 44.4 Å². The molecule has 0 atom stereocenters. The average molecular weight is 369 g/mol. The molecule has 0 aliphatic heterocycles. The molecule has 0 aliphatic carbocycles. The molecule has 0 amide bonds. The van der Waals surface area contributed by atoms with Crippen LogP contribution in [0.25, 0.3) is 11.4 Å². The van der Waals surface area contributed by atoms with Crippen LogP contribution in [0.2, 0.25) is 0 Å². The van der Waals surface area contributed by atoms with Crippen LogP contribution in [0.3, 0.4) is 0 Å². The van der Waals surface area contributed by atoms with Crippen LogP contribution in [-0.4, -0.2) is 59.3 Å². The summed E-state index contributed by atoms with van der Waals surface area (Å²) in [6.45, 7) is 3.61. The van der Waals surface area contributed by atoms with Gasteiger partial charge < -0.3 is 15.1 Å². The first kappa shape index (κ1) is 18.8. The minimum absolute atomic E-state index is 0.320. The lowest BCUT2D eigenvalue weighted by Gasteiger charge is -2.21. The Kier molecular flexibility index (Phi) is 5.66. The van der Waals surface area contributed by atoms with Crippen molar-refractivity contribution in [3.05, 3.63) is 47.9 Å². The van der Waals surface area contributed by atoms with E-state index in [1.165, 1.54) is 12.1 Å². The highest BCUT2D eigenvalue weighted by Crippen LogP contribution is 2.24. The summed E-state index contributed by atoms with van der Waals surface area (Å²) >= 11 is 0. The first-order chi connectivity index (χ1) is 12.9. The molecule has 0 saturated carbocycles. The predicted molar refractivity (Wildman–Crippen MR) is 106 cm³/mol. The second kappa shape index (κ2) is 8.13. The second-order valence-electron chi connectivity index (χ2n) is 6.73. The average Bonchev–Trinajstić information content (AvgIpc) is 3.04. The number of aryl methyl sites for hydroxylation is 1. The number of rotatable bonds is 7. The van der Waals surface area contributed by atoms with Gasteiger partial charge in [-0.25, -0.2) is 14.4 Å². The molecule has 0 fully saturated rings. The van der Waals surface area contributed by atoms with E-state index in [9.17, 15) is 4.39 Å². The number of hydrogen-bond acceptors (Lipinski definition) is 6. The Morgan fingerprint density at radius 3 is 2.52 bits per heavy atom. The molecule has 3 aromatic rings. The fourth-order valence-electron chi connectivity index (χ4n) is 2.53. The van der Waals surface area contributed by atoms with Gasteiger partial charge in [-0.3, -0.25) is 5.10 Å². The number of aromatic amines is 1. The summed E-state index contributed by atoms with van der Waals surface area (Å²) in [5, 5.41) is 10.3. The highest BCUT2D eigenvalue weighted by atomic mass is 19.1. The topological polar surface area (TPSA) is 73.0 Å².